The Balaban J connectivity index is 2.19. The van der Waals surface area contributed by atoms with Gasteiger partial charge in [0.2, 0.25) is 0 Å². The maximum absolute atomic E-state index is 12.4. The highest BCUT2D eigenvalue weighted by molar-refractivity contribution is 9.11. The number of aromatic nitrogens is 1. The fourth-order valence-electron chi connectivity index (χ4n) is 2.28. The number of halogens is 1. The van der Waals surface area contributed by atoms with Gasteiger partial charge in [0.1, 0.15) is 0 Å². The van der Waals surface area contributed by atoms with E-state index in [-0.39, 0.29) is 5.91 Å². The first-order chi connectivity index (χ1) is 11.0. The summed E-state index contributed by atoms with van der Waals surface area (Å²) in [6.07, 6.45) is 1.83. The average molecular weight is 407 g/mol. The van der Waals surface area contributed by atoms with Gasteiger partial charge in [-0.3, -0.25) is 4.79 Å². The number of benzene rings is 1. The number of nitrogens with zero attached hydrogens (tertiary/aromatic N) is 2. The SMILES string of the molecule is C=CCn1c(=NC(=O)c2ccc(Br)s2)sc2cc(C)c(C)cc21. The van der Waals surface area contributed by atoms with Crippen LogP contribution in [0.25, 0.3) is 10.2 Å². The Hall–Kier alpha value is -1.50. The summed E-state index contributed by atoms with van der Waals surface area (Å²) in [4.78, 5) is 18.1. The fraction of sp³-hybridized carbons (Fsp3) is 0.176. The summed E-state index contributed by atoms with van der Waals surface area (Å²) in [5.74, 6) is -0.210. The molecule has 0 N–H and O–H groups in total. The molecular formula is C17H15BrN2OS2. The summed E-state index contributed by atoms with van der Waals surface area (Å²) in [5, 5.41) is 0. The van der Waals surface area contributed by atoms with Crippen molar-refractivity contribution in [3.63, 3.8) is 0 Å². The van der Waals surface area contributed by atoms with Crippen LogP contribution in [-0.4, -0.2) is 10.5 Å². The second-order valence-corrected chi connectivity index (χ2v) is 8.68. The van der Waals surface area contributed by atoms with E-state index in [4.69, 9.17) is 0 Å². The van der Waals surface area contributed by atoms with Crippen LogP contribution in [0, 0.1) is 13.8 Å². The van der Waals surface area contributed by atoms with Gasteiger partial charge in [0.25, 0.3) is 5.91 Å². The van der Waals surface area contributed by atoms with Crippen molar-refractivity contribution in [2.75, 3.05) is 0 Å². The predicted octanol–water partition coefficient (Wildman–Crippen LogP) is 5.07. The van der Waals surface area contributed by atoms with E-state index in [0.717, 1.165) is 14.0 Å². The van der Waals surface area contributed by atoms with Gasteiger partial charge in [-0.2, -0.15) is 4.99 Å². The number of allylic oxidation sites excluding steroid dienone is 1. The van der Waals surface area contributed by atoms with Crippen molar-refractivity contribution in [2.45, 2.75) is 20.4 Å². The van der Waals surface area contributed by atoms with E-state index in [1.165, 1.54) is 33.8 Å². The molecule has 0 spiro atoms. The van der Waals surface area contributed by atoms with E-state index in [1.807, 2.05) is 16.7 Å². The summed E-state index contributed by atoms with van der Waals surface area (Å²) in [5.41, 5.74) is 3.56. The third kappa shape index (κ3) is 3.24. The topological polar surface area (TPSA) is 34.4 Å². The van der Waals surface area contributed by atoms with Crippen LogP contribution in [0.2, 0.25) is 0 Å². The maximum Gasteiger partial charge on any atom is 0.289 e. The first-order valence-electron chi connectivity index (χ1n) is 7.05. The molecule has 0 unspecified atom stereocenters. The van der Waals surface area contributed by atoms with Crippen LogP contribution in [0.3, 0.4) is 0 Å². The molecule has 1 amide bonds. The Morgan fingerprint density at radius 1 is 1.30 bits per heavy atom. The molecule has 3 rings (SSSR count). The predicted molar refractivity (Wildman–Crippen MR) is 101 cm³/mol. The first-order valence-corrected chi connectivity index (χ1v) is 9.48. The van der Waals surface area contributed by atoms with Crippen LogP contribution in [0.1, 0.15) is 20.8 Å². The van der Waals surface area contributed by atoms with Crippen molar-refractivity contribution in [2.24, 2.45) is 4.99 Å². The Bertz CT molecular complexity index is 978. The minimum absolute atomic E-state index is 0.210. The standard InChI is InChI=1S/C17H15BrN2OS2/c1-4-7-20-12-8-10(2)11(3)9-14(12)23-17(20)19-16(21)13-5-6-15(18)22-13/h4-6,8-9H,1,7H2,2-3H3. The largest absolute Gasteiger partial charge is 0.312 e. The molecule has 0 saturated carbocycles. The molecular weight excluding hydrogens is 392 g/mol. The second-order valence-electron chi connectivity index (χ2n) is 5.21. The monoisotopic (exact) mass is 406 g/mol. The second kappa shape index (κ2) is 6.55. The van der Waals surface area contributed by atoms with Crippen molar-refractivity contribution in [3.05, 3.63) is 61.5 Å². The average Bonchev–Trinajstić information content (AvgIpc) is 3.06. The van der Waals surface area contributed by atoms with Gasteiger partial charge in [0.15, 0.2) is 4.80 Å². The number of carbonyl (C=O) groups excluding carboxylic acids is 1. The Morgan fingerprint density at radius 3 is 2.70 bits per heavy atom. The number of aryl methyl sites for hydroxylation is 2. The van der Waals surface area contributed by atoms with Gasteiger partial charge >= 0.3 is 0 Å². The third-order valence-electron chi connectivity index (χ3n) is 3.59. The molecule has 118 valence electrons. The fourth-order valence-corrected chi connectivity index (χ4v) is 4.67. The normalized spacial score (nSPS) is 12.0. The highest BCUT2D eigenvalue weighted by atomic mass is 79.9. The summed E-state index contributed by atoms with van der Waals surface area (Å²) >= 11 is 6.31. The number of carbonyl (C=O) groups is 1. The lowest BCUT2D eigenvalue weighted by atomic mass is 10.1. The molecule has 2 heterocycles. The van der Waals surface area contributed by atoms with Gasteiger partial charge in [0, 0.05) is 6.54 Å². The minimum atomic E-state index is -0.210. The van der Waals surface area contributed by atoms with E-state index in [9.17, 15) is 4.79 Å². The Labute approximate surface area is 150 Å². The zero-order chi connectivity index (χ0) is 16.6. The molecule has 2 aromatic heterocycles. The number of thiazole rings is 1. The molecule has 0 aliphatic heterocycles. The summed E-state index contributed by atoms with van der Waals surface area (Å²) in [7, 11) is 0. The van der Waals surface area contributed by atoms with Crippen LogP contribution in [0.4, 0.5) is 0 Å². The lowest BCUT2D eigenvalue weighted by Gasteiger charge is -2.03. The van der Waals surface area contributed by atoms with E-state index >= 15 is 0 Å². The number of rotatable bonds is 3. The van der Waals surface area contributed by atoms with Gasteiger partial charge < -0.3 is 4.57 Å². The lowest BCUT2D eigenvalue weighted by molar-refractivity contribution is 0.100. The maximum atomic E-state index is 12.4. The Kier molecular flexibility index (Phi) is 4.66. The van der Waals surface area contributed by atoms with Gasteiger partial charge in [-0.15, -0.1) is 17.9 Å². The minimum Gasteiger partial charge on any atom is -0.312 e. The highest BCUT2D eigenvalue weighted by Gasteiger charge is 2.11. The number of hydrogen-bond donors (Lipinski definition) is 0. The molecule has 0 aliphatic rings. The van der Waals surface area contributed by atoms with Gasteiger partial charge in [-0.05, 0) is 65.2 Å². The molecule has 1 aromatic carbocycles. The van der Waals surface area contributed by atoms with E-state index in [1.54, 1.807) is 6.07 Å². The molecule has 23 heavy (non-hydrogen) atoms. The number of fused-ring (bicyclic) bond motifs is 1. The van der Waals surface area contributed by atoms with E-state index < -0.39 is 0 Å². The molecule has 0 bridgehead atoms. The van der Waals surface area contributed by atoms with Gasteiger partial charge in [-0.25, -0.2) is 0 Å². The highest BCUT2D eigenvalue weighted by Crippen LogP contribution is 2.24. The zero-order valence-electron chi connectivity index (χ0n) is 12.8. The molecule has 0 saturated heterocycles. The molecule has 0 fully saturated rings. The van der Waals surface area contributed by atoms with Crippen LogP contribution in [0.15, 0.2) is 45.7 Å². The van der Waals surface area contributed by atoms with Crippen LogP contribution in [0.5, 0.6) is 0 Å². The van der Waals surface area contributed by atoms with E-state index in [2.05, 4.69) is 53.5 Å². The number of thiophene rings is 1. The number of hydrogen-bond acceptors (Lipinski definition) is 3. The lowest BCUT2D eigenvalue weighted by Crippen LogP contribution is -2.16. The summed E-state index contributed by atoms with van der Waals surface area (Å²) < 4.78 is 4.10. The first kappa shape index (κ1) is 16.4. The molecule has 3 aromatic rings. The molecule has 0 radical (unpaired) electrons. The van der Waals surface area contributed by atoms with Crippen molar-refractivity contribution in [1.82, 2.24) is 4.57 Å². The van der Waals surface area contributed by atoms with Crippen molar-refractivity contribution in [3.8, 4) is 0 Å². The van der Waals surface area contributed by atoms with Crippen molar-refractivity contribution in [1.29, 1.82) is 0 Å². The Morgan fingerprint density at radius 2 is 2.04 bits per heavy atom. The van der Waals surface area contributed by atoms with Crippen LogP contribution >= 0.6 is 38.6 Å². The van der Waals surface area contributed by atoms with Crippen LogP contribution in [-0.2, 0) is 6.54 Å². The van der Waals surface area contributed by atoms with E-state index in [0.29, 0.717) is 16.2 Å². The van der Waals surface area contributed by atoms with Crippen molar-refractivity contribution >= 4 is 54.7 Å². The van der Waals surface area contributed by atoms with Crippen LogP contribution < -0.4 is 4.80 Å². The summed E-state index contributed by atoms with van der Waals surface area (Å²) in [6, 6.07) is 7.96. The van der Waals surface area contributed by atoms with Gasteiger partial charge in [-0.1, -0.05) is 17.4 Å². The number of amides is 1. The zero-order valence-corrected chi connectivity index (χ0v) is 16.0. The van der Waals surface area contributed by atoms with Crippen molar-refractivity contribution < 1.29 is 4.79 Å². The molecule has 3 nitrogen and oxygen atoms in total. The quantitative estimate of drug-likeness (QED) is 0.558. The van der Waals surface area contributed by atoms with Gasteiger partial charge in [0.05, 0.1) is 18.9 Å². The molecule has 0 atom stereocenters. The smallest absolute Gasteiger partial charge is 0.289 e. The third-order valence-corrected chi connectivity index (χ3v) is 6.24. The summed E-state index contributed by atoms with van der Waals surface area (Å²) in [6.45, 7) is 8.63. The molecule has 6 heteroatoms. The molecule has 0 aliphatic carbocycles.